The van der Waals surface area contributed by atoms with Crippen molar-refractivity contribution in [3.05, 3.63) is 0 Å². The van der Waals surface area contributed by atoms with E-state index in [-0.39, 0.29) is 18.1 Å². The summed E-state index contributed by atoms with van der Waals surface area (Å²) in [6.45, 7) is 12.3. The largest absolute Gasteiger partial charge is 0.380 e. The van der Waals surface area contributed by atoms with E-state index in [2.05, 4.69) is 33.0 Å². The maximum Gasteiger partial charge on any atom is 0.238 e. The van der Waals surface area contributed by atoms with E-state index in [0.29, 0.717) is 31.6 Å². The van der Waals surface area contributed by atoms with Gasteiger partial charge in [-0.05, 0) is 18.8 Å². The molecule has 17 heavy (non-hydrogen) atoms. The first-order valence-corrected chi connectivity index (χ1v) is 6.61. The molecule has 1 N–H and O–H groups in total. The number of carbonyl (C=O) groups excluding carboxylic acids is 1. The van der Waals surface area contributed by atoms with Crippen molar-refractivity contribution in [3.8, 4) is 0 Å². The minimum atomic E-state index is 0.148. The molecule has 0 radical (unpaired) electrons. The second-order valence-corrected chi connectivity index (χ2v) is 5.34. The lowest BCUT2D eigenvalue weighted by Crippen LogP contribution is -2.51. The minimum Gasteiger partial charge on any atom is -0.380 e. The van der Waals surface area contributed by atoms with E-state index in [1.165, 1.54) is 0 Å². The van der Waals surface area contributed by atoms with Gasteiger partial charge >= 0.3 is 0 Å². The van der Waals surface area contributed by atoms with Gasteiger partial charge in [0.2, 0.25) is 5.91 Å². The maximum atomic E-state index is 12.0. The SMILES string of the molecule is CCOCC(C(C)C)N1C(=O)CNC1C(C)C. The highest BCUT2D eigenvalue weighted by molar-refractivity contribution is 5.81. The van der Waals surface area contributed by atoms with Gasteiger partial charge in [0.1, 0.15) is 0 Å². The molecule has 0 bridgehead atoms. The molecule has 1 fully saturated rings. The first kappa shape index (κ1) is 14.5. The molecule has 0 aromatic heterocycles. The fraction of sp³-hybridized carbons (Fsp3) is 0.923. The van der Waals surface area contributed by atoms with E-state index in [1.807, 2.05) is 11.8 Å². The smallest absolute Gasteiger partial charge is 0.238 e. The fourth-order valence-electron chi connectivity index (χ4n) is 2.32. The molecule has 1 aliphatic rings. The van der Waals surface area contributed by atoms with Crippen molar-refractivity contribution < 1.29 is 9.53 Å². The van der Waals surface area contributed by atoms with Gasteiger partial charge in [0.15, 0.2) is 0 Å². The fourth-order valence-corrected chi connectivity index (χ4v) is 2.32. The van der Waals surface area contributed by atoms with Crippen LogP contribution < -0.4 is 5.32 Å². The molecule has 4 nitrogen and oxygen atoms in total. The zero-order valence-electron chi connectivity index (χ0n) is 11.7. The zero-order chi connectivity index (χ0) is 13.0. The van der Waals surface area contributed by atoms with Gasteiger partial charge in [-0.25, -0.2) is 0 Å². The van der Waals surface area contributed by atoms with Crippen LogP contribution in [0.3, 0.4) is 0 Å². The number of amides is 1. The van der Waals surface area contributed by atoms with Crippen molar-refractivity contribution in [1.82, 2.24) is 10.2 Å². The third-order valence-corrected chi connectivity index (χ3v) is 3.30. The van der Waals surface area contributed by atoms with E-state index < -0.39 is 0 Å². The van der Waals surface area contributed by atoms with Crippen LogP contribution in [0.2, 0.25) is 0 Å². The number of hydrogen-bond donors (Lipinski definition) is 1. The molecule has 2 unspecified atom stereocenters. The zero-order valence-corrected chi connectivity index (χ0v) is 11.7. The third-order valence-electron chi connectivity index (χ3n) is 3.30. The predicted molar refractivity (Wildman–Crippen MR) is 68.6 cm³/mol. The summed E-state index contributed by atoms with van der Waals surface area (Å²) in [4.78, 5) is 14.0. The second kappa shape index (κ2) is 6.36. The number of nitrogens with zero attached hydrogens (tertiary/aromatic N) is 1. The van der Waals surface area contributed by atoms with Crippen LogP contribution in [0, 0.1) is 11.8 Å². The van der Waals surface area contributed by atoms with Crippen LogP contribution in [0.15, 0.2) is 0 Å². The molecule has 0 aromatic rings. The van der Waals surface area contributed by atoms with Crippen molar-refractivity contribution in [2.24, 2.45) is 11.8 Å². The van der Waals surface area contributed by atoms with Crippen molar-refractivity contribution in [2.75, 3.05) is 19.8 Å². The number of hydrogen-bond acceptors (Lipinski definition) is 3. The molecule has 0 saturated carbocycles. The summed E-state index contributed by atoms with van der Waals surface area (Å²) in [7, 11) is 0. The lowest BCUT2D eigenvalue weighted by molar-refractivity contribution is -0.133. The average molecular weight is 242 g/mol. The Balaban J connectivity index is 2.78. The highest BCUT2D eigenvalue weighted by Crippen LogP contribution is 2.21. The Bertz CT molecular complexity index is 254. The molecule has 0 aromatic carbocycles. The summed E-state index contributed by atoms with van der Waals surface area (Å²) in [5, 5.41) is 3.29. The summed E-state index contributed by atoms with van der Waals surface area (Å²) >= 11 is 0. The normalized spacial score (nSPS) is 22.9. The average Bonchev–Trinajstić information content (AvgIpc) is 2.61. The summed E-state index contributed by atoms with van der Waals surface area (Å²) in [6.07, 6.45) is 0.148. The van der Waals surface area contributed by atoms with Gasteiger partial charge < -0.3 is 9.64 Å². The van der Waals surface area contributed by atoms with Crippen LogP contribution in [0.5, 0.6) is 0 Å². The molecule has 100 valence electrons. The molecular formula is C13H26N2O2. The predicted octanol–water partition coefficient (Wildman–Crippen LogP) is 1.46. The first-order valence-electron chi connectivity index (χ1n) is 6.61. The highest BCUT2D eigenvalue weighted by atomic mass is 16.5. The van der Waals surface area contributed by atoms with E-state index in [1.54, 1.807) is 0 Å². The molecule has 0 spiro atoms. The van der Waals surface area contributed by atoms with Crippen LogP contribution in [-0.2, 0) is 9.53 Å². The van der Waals surface area contributed by atoms with Gasteiger partial charge in [0.05, 0.1) is 25.4 Å². The Morgan fingerprint density at radius 3 is 2.53 bits per heavy atom. The van der Waals surface area contributed by atoms with Gasteiger partial charge in [-0.1, -0.05) is 27.7 Å². The Morgan fingerprint density at radius 1 is 1.41 bits per heavy atom. The Hall–Kier alpha value is -0.610. The van der Waals surface area contributed by atoms with E-state index in [0.717, 1.165) is 0 Å². The molecule has 1 heterocycles. The molecule has 4 heteroatoms. The third kappa shape index (κ3) is 3.42. The number of nitrogens with one attached hydrogen (secondary N) is 1. The minimum absolute atomic E-state index is 0.148. The summed E-state index contributed by atoms with van der Waals surface area (Å²) in [5.41, 5.74) is 0. The van der Waals surface area contributed by atoms with Crippen LogP contribution in [-0.4, -0.2) is 42.8 Å². The van der Waals surface area contributed by atoms with Crippen LogP contribution in [0.1, 0.15) is 34.6 Å². The number of ether oxygens (including phenoxy) is 1. The van der Waals surface area contributed by atoms with E-state index in [9.17, 15) is 4.79 Å². The molecular weight excluding hydrogens is 216 g/mol. The van der Waals surface area contributed by atoms with Gasteiger partial charge in [-0.2, -0.15) is 0 Å². The second-order valence-electron chi connectivity index (χ2n) is 5.34. The number of rotatable bonds is 6. The summed E-state index contributed by atoms with van der Waals surface area (Å²) < 4.78 is 5.52. The van der Waals surface area contributed by atoms with Crippen LogP contribution in [0.4, 0.5) is 0 Å². The quantitative estimate of drug-likeness (QED) is 0.766. The van der Waals surface area contributed by atoms with Gasteiger partial charge in [-0.3, -0.25) is 10.1 Å². The Morgan fingerprint density at radius 2 is 2.06 bits per heavy atom. The monoisotopic (exact) mass is 242 g/mol. The molecule has 1 saturated heterocycles. The van der Waals surface area contributed by atoms with E-state index in [4.69, 9.17) is 4.74 Å². The number of carbonyl (C=O) groups is 1. The van der Waals surface area contributed by atoms with E-state index >= 15 is 0 Å². The maximum absolute atomic E-state index is 12.0. The standard InChI is InChI=1S/C13H26N2O2/c1-6-17-8-11(9(2)3)15-12(16)7-14-13(15)10(4)5/h9-11,13-14H,6-8H2,1-5H3. The topological polar surface area (TPSA) is 41.6 Å². The van der Waals surface area contributed by atoms with Crippen molar-refractivity contribution in [2.45, 2.75) is 46.8 Å². The first-order chi connectivity index (χ1) is 7.99. The van der Waals surface area contributed by atoms with Crippen LogP contribution >= 0.6 is 0 Å². The molecule has 1 amide bonds. The summed E-state index contributed by atoms with van der Waals surface area (Å²) in [5.74, 6) is 1.03. The Labute approximate surface area is 105 Å². The van der Waals surface area contributed by atoms with Crippen LogP contribution in [0.25, 0.3) is 0 Å². The van der Waals surface area contributed by atoms with Gasteiger partial charge in [-0.15, -0.1) is 0 Å². The van der Waals surface area contributed by atoms with Gasteiger partial charge in [0.25, 0.3) is 0 Å². The Kier molecular flexibility index (Phi) is 5.40. The van der Waals surface area contributed by atoms with Crippen molar-refractivity contribution >= 4 is 5.91 Å². The molecule has 0 aliphatic carbocycles. The lowest BCUT2D eigenvalue weighted by atomic mass is 10.0. The lowest BCUT2D eigenvalue weighted by Gasteiger charge is -2.36. The highest BCUT2D eigenvalue weighted by Gasteiger charge is 2.38. The van der Waals surface area contributed by atoms with Crippen molar-refractivity contribution in [3.63, 3.8) is 0 Å². The molecule has 1 aliphatic heterocycles. The molecule has 2 atom stereocenters. The van der Waals surface area contributed by atoms with Gasteiger partial charge in [0, 0.05) is 6.61 Å². The van der Waals surface area contributed by atoms with Crippen molar-refractivity contribution in [1.29, 1.82) is 0 Å². The molecule has 1 rings (SSSR count). The summed E-state index contributed by atoms with van der Waals surface area (Å²) in [6, 6.07) is 0.171.